The molecule has 0 saturated heterocycles. The lowest BCUT2D eigenvalue weighted by Crippen LogP contribution is -2.26. The van der Waals surface area contributed by atoms with Gasteiger partial charge in [0.15, 0.2) is 11.5 Å². The number of methoxy groups -OCH3 is 3. The molecule has 0 spiro atoms. The number of fused-ring (bicyclic) bond motifs is 1. The molecule has 0 atom stereocenters. The molecule has 1 amide bonds. The highest BCUT2D eigenvalue weighted by atomic mass is 16.5. The molecule has 8 heteroatoms. The van der Waals surface area contributed by atoms with Gasteiger partial charge in [-0.2, -0.15) is 0 Å². The first-order valence-corrected chi connectivity index (χ1v) is 9.54. The number of hydrogen-bond acceptors (Lipinski definition) is 6. The molecule has 0 saturated carbocycles. The summed E-state index contributed by atoms with van der Waals surface area (Å²) in [6.07, 6.45) is 3.44. The van der Waals surface area contributed by atoms with E-state index in [1.54, 1.807) is 37.6 Å². The molecule has 0 fully saturated rings. The van der Waals surface area contributed by atoms with Gasteiger partial charge in [0.05, 0.1) is 43.7 Å². The van der Waals surface area contributed by atoms with Crippen molar-refractivity contribution in [2.75, 3.05) is 33.3 Å². The minimum atomic E-state index is -0.224. The quantitative estimate of drug-likeness (QED) is 0.510. The molecule has 0 radical (unpaired) electrons. The normalized spacial score (nSPS) is 10.7. The number of nitrogens with zero attached hydrogens (tertiary/aromatic N) is 3. The number of benzene rings is 1. The van der Waals surface area contributed by atoms with Crippen LogP contribution in [0.1, 0.15) is 10.5 Å². The summed E-state index contributed by atoms with van der Waals surface area (Å²) in [4.78, 5) is 26.5. The molecule has 0 aliphatic rings. The van der Waals surface area contributed by atoms with Crippen molar-refractivity contribution in [3.8, 4) is 28.5 Å². The highest BCUT2D eigenvalue weighted by Gasteiger charge is 2.21. The smallest absolute Gasteiger partial charge is 0.274 e. The Hall–Kier alpha value is -4.07. The summed E-state index contributed by atoms with van der Waals surface area (Å²) in [6.45, 7) is 0. The first-order valence-electron chi connectivity index (χ1n) is 9.54. The SMILES string of the molecule is COc1cc(N(C)C(=O)c2cc3nc(-c4ccncc4)ccc3[nH]2)cc(OC)c1OC. The van der Waals surface area contributed by atoms with E-state index in [1.807, 2.05) is 24.3 Å². The number of pyridine rings is 2. The third-order valence-electron chi connectivity index (χ3n) is 5.02. The topological polar surface area (TPSA) is 89.6 Å². The number of carbonyl (C=O) groups is 1. The van der Waals surface area contributed by atoms with Gasteiger partial charge in [0, 0.05) is 37.1 Å². The molecule has 4 rings (SSSR count). The predicted molar refractivity (Wildman–Crippen MR) is 118 cm³/mol. The number of ether oxygens (including phenoxy) is 3. The van der Waals surface area contributed by atoms with Crippen LogP contribution in [0.2, 0.25) is 0 Å². The Balaban J connectivity index is 1.67. The molecule has 1 aromatic carbocycles. The summed E-state index contributed by atoms with van der Waals surface area (Å²) in [5.41, 5.74) is 4.27. The zero-order valence-corrected chi connectivity index (χ0v) is 17.7. The van der Waals surface area contributed by atoms with Crippen LogP contribution in [-0.4, -0.2) is 49.2 Å². The molecule has 8 nitrogen and oxygen atoms in total. The van der Waals surface area contributed by atoms with E-state index < -0.39 is 0 Å². The number of anilines is 1. The summed E-state index contributed by atoms with van der Waals surface area (Å²) in [7, 11) is 6.29. The first kappa shape index (κ1) is 20.2. The lowest BCUT2D eigenvalue weighted by molar-refractivity contribution is 0.0989. The van der Waals surface area contributed by atoms with Crippen LogP contribution in [0, 0.1) is 0 Å². The van der Waals surface area contributed by atoms with E-state index in [0.717, 1.165) is 16.8 Å². The maximum Gasteiger partial charge on any atom is 0.274 e. The number of nitrogens with one attached hydrogen (secondary N) is 1. The van der Waals surface area contributed by atoms with Gasteiger partial charge in [-0.25, -0.2) is 4.98 Å². The number of rotatable bonds is 6. The minimum absolute atomic E-state index is 0.224. The van der Waals surface area contributed by atoms with Gasteiger partial charge >= 0.3 is 0 Å². The molecule has 1 N–H and O–H groups in total. The van der Waals surface area contributed by atoms with Gasteiger partial charge in [-0.1, -0.05) is 0 Å². The Morgan fingerprint density at radius 3 is 2.23 bits per heavy atom. The highest BCUT2D eigenvalue weighted by Crippen LogP contribution is 2.41. The predicted octanol–water partition coefficient (Wildman–Crippen LogP) is 3.93. The van der Waals surface area contributed by atoms with Crippen molar-refractivity contribution in [2.45, 2.75) is 0 Å². The van der Waals surface area contributed by atoms with Crippen LogP contribution in [0.15, 0.2) is 54.9 Å². The third-order valence-corrected chi connectivity index (χ3v) is 5.02. The molecular weight excluding hydrogens is 396 g/mol. The fourth-order valence-electron chi connectivity index (χ4n) is 3.37. The van der Waals surface area contributed by atoms with Gasteiger partial charge in [0.25, 0.3) is 5.91 Å². The first-order chi connectivity index (χ1) is 15.0. The Morgan fingerprint density at radius 1 is 0.935 bits per heavy atom. The van der Waals surface area contributed by atoms with Crippen molar-refractivity contribution in [2.24, 2.45) is 0 Å². The molecule has 3 aromatic heterocycles. The molecule has 0 unspecified atom stereocenters. The second-order valence-electron chi connectivity index (χ2n) is 6.80. The summed E-state index contributed by atoms with van der Waals surface area (Å²) >= 11 is 0. The second kappa shape index (κ2) is 8.35. The standard InChI is InChI=1S/C23H22N4O4/c1-27(15-11-20(29-2)22(31-4)21(12-15)30-3)23(28)19-13-18-17(26-19)6-5-16(25-18)14-7-9-24-10-8-14/h5-13,26H,1-4H3. The molecular formula is C23H22N4O4. The molecule has 3 heterocycles. The number of carbonyl (C=O) groups excluding carboxylic acids is 1. The van der Waals surface area contributed by atoms with Crippen LogP contribution >= 0.6 is 0 Å². The van der Waals surface area contributed by atoms with Crippen LogP contribution in [-0.2, 0) is 0 Å². The molecule has 0 aliphatic carbocycles. The van der Waals surface area contributed by atoms with E-state index in [-0.39, 0.29) is 5.91 Å². The lowest BCUT2D eigenvalue weighted by atomic mass is 10.2. The number of amides is 1. The monoisotopic (exact) mass is 418 g/mol. The van der Waals surface area contributed by atoms with Crippen LogP contribution < -0.4 is 19.1 Å². The van der Waals surface area contributed by atoms with Gasteiger partial charge in [-0.05, 0) is 30.3 Å². The zero-order chi connectivity index (χ0) is 22.0. The van der Waals surface area contributed by atoms with Crippen molar-refractivity contribution in [3.63, 3.8) is 0 Å². The summed E-state index contributed by atoms with van der Waals surface area (Å²) in [6, 6.07) is 12.8. The van der Waals surface area contributed by atoms with E-state index in [9.17, 15) is 4.79 Å². The molecule has 0 aliphatic heterocycles. The zero-order valence-electron chi connectivity index (χ0n) is 17.7. The maximum atomic E-state index is 13.2. The Kier molecular flexibility index (Phi) is 5.44. The van der Waals surface area contributed by atoms with Gasteiger partial charge < -0.3 is 24.1 Å². The Morgan fingerprint density at radius 2 is 1.61 bits per heavy atom. The van der Waals surface area contributed by atoms with Crippen molar-refractivity contribution in [1.29, 1.82) is 0 Å². The van der Waals surface area contributed by atoms with Crippen LogP contribution in [0.3, 0.4) is 0 Å². The fraction of sp³-hybridized carbons (Fsp3) is 0.174. The van der Waals surface area contributed by atoms with Gasteiger partial charge in [0.2, 0.25) is 5.75 Å². The number of hydrogen-bond donors (Lipinski definition) is 1. The Bertz CT molecular complexity index is 1210. The van der Waals surface area contributed by atoms with Crippen LogP contribution in [0.25, 0.3) is 22.3 Å². The molecule has 4 aromatic rings. The third kappa shape index (κ3) is 3.75. The molecule has 158 valence electrons. The van der Waals surface area contributed by atoms with Crippen molar-refractivity contribution in [3.05, 3.63) is 60.6 Å². The largest absolute Gasteiger partial charge is 0.493 e. The van der Waals surface area contributed by atoms with Gasteiger partial charge in [-0.3, -0.25) is 9.78 Å². The Labute approximate surface area is 179 Å². The maximum absolute atomic E-state index is 13.2. The van der Waals surface area contributed by atoms with Gasteiger partial charge in [0.1, 0.15) is 5.69 Å². The van der Waals surface area contributed by atoms with Gasteiger partial charge in [-0.15, -0.1) is 0 Å². The van der Waals surface area contributed by atoms with Crippen molar-refractivity contribution in [1.82, 2.24) is 15.0 Å². The summed E-state index contributed by atoms with van der Waals surface area (Å²) < 4.78 is 16.1. The second-order valence-corrected chi connectivity index (χ2v) is 6.80. The highest BCUT2D eigenvalue weighted by molar-refractivity contribution is 6.07. The van der Waals surface area contributed by atoms with Crippen LogP contribution in [0.4, 0.5) is 5.69 Å². The summed E-state index contributed by atoms with van der Waals surface area (Å²) in [5.74, 6) is 1.18. The van der Waals surface area contributed by atoms with Crippen molar-refractivity contribution < 1.29 is 19.0 Å². The average Bonchev–Trinajstić information content (AvgIpc) is 3.26. The number of aromatic nitrogens is 3. The molecule has 0 bridgehead atoms. The van der Waals surface area contributed by atoms with Crippen LogP contribution in [0.5, 0.6) is 17.2 Å². The average molecular weight is 418 g/mol. The van der Waals surface area contributed by atoms with E-state index in [4.69, 9.17) is 14.2 Å². The lowest BCUT2D eigenvalue weighted by Gasteiger charge is -2.20. The minimum Gasteiger partial charge on any atom is -0.493 e. The van der Waals surface area contributed by atoms with E-state index in [1.165, 1.54) is 26.2 Å². The van der Waals surface area contributed by atoms with E-state index >= 15 is 0 Å². The molecule has 31 heavy (non-hydrogen) atoms. The van der Waals surface area contributed by atoms with E-state index in [0.29, 0.717) is 34.1 Å². The number of aromatic amines is 1. The van der Waals surface area contributed by atoms with E-state index in [2.05, 4.69) is 15.0 Å². The number of H-pyrrole nitrogens is 1. The summed E-state index contributed by atoms with van der Waals surface area (Å²) in [5, 5.41) is 0. The fourth-order valence-corrected chi connectivity index (χ4v) is 3.37. The van der Waals surface area contributed by atoms with Crippen molar-refractivity contribution >= 4 is 22.6 Å².